The summed E-state index contributed by atoms with van der Waals surface area (Å²) in [4.78, 5) is 26.0. The number of esters is 1. The maximum Gasteiger partial charge on any atom is 0.344 e. The van der Waals surface area contributed by atoms with Gasteiger partial charge in [-0.05, 0) is 58.1 Å². The largest absolute Gasteiger partial charge is 0.452 e. The fourth-order valence-corrected chi connectivity index (χ4v) is 3.92. The van der Waals surface area contributed by atoms with E-state index in [0.717, 1.165) is 4.88 Å². The molecule has 1 aliphatic heterocycles. The zero-order valence-electron chi connectivity index (χ0n) is 14.2. The van der Waals surface area contributed by atoms with Crippen LogP contribution in [0.25, 0.3) is 6.08 Å². The lowest BCUT2D eigenvalue weighted by Crippen LogP contribution is -2.09. The number of thiophene rings is 1. The van der Waals surface area contributed by atoms with Gasteiger partial charge in [0.25, 0.3) is 0 Å². The maximum absolute atomic E-state index is 12.6. The van der Waals surface area contributed by atoms with Crippen LogP contribution in [0.1, 0.15) is 31.2 Å². The van der Waals surface area contributed by atoms with Crippen LogP contribution in [0.4, 0.5) is 0 Å². The van der Waals surface area contributed by atoms with Gasteiger partial charge in [0.1, 0.15) is 11.5 Å². The van der Waals surface area contributed by atoms with Crippen LogP contribution in [-0.2, 0) is 0 Å². The summed E-state index contributed by atoms with van der Waals surface area (Å²) in [6.07, 6.45) is 1.72. The summed E-state index contributed by atoms with van der Waals surface area (Å²) >= 11 is 4.86. The highest BCUT2D eigenvalue weighted by Crippen LogP contribution is 2.38. The van der Waals surface area contributed by atoms with Gasteiger partial charge in [-0.2, -0.15) is 0 Å². The van der Waals surface area contributed by atoms with Crippen LogP contribution in [0.5, 0.6) is 11.5 Å². The lowest BCUT2D eigenvalue weighted by Gasteiger charge is -2.08. The number of aryl methyl sites for hydroxylation is 1. The summed E-state index contributed by atoms with van der Waals surface area (Å²) in [6.45, 7) is 1.80. The first-order chi connectivity index (χ1) is 13.0. The molecule has 0 saturated heterocycles. The Morgan fingerprint density at radius 2 is 2.00 bits per heavy atom. The number of allylic oxidation sites excluding steroid dienone is 1. The van der Waals surface area contributed by atoms with Gasteiger partial charge in [-0.3, -0.25) is 4.79 Å². The fraction of sp³-hybridized carbons (Fsp3) is 0.0476. The molecule has 0 bridgehead atoms. The minimum atomic E-state index is -0.486. The summed E-state index contributed by atoms with van der Waals surface area (Å²) in [6, 6.07) is 14.1. The van der Waals surface area contributed by atoms with Gasteiger partial charge in [0.05, 0.1) is 11.1 Å². The molecule has 0 radical (unpaired) electrons. The quantitative estimate of drug-likeness (QED) is 0.299. The van der Waals surface area contributed by atoms with E-state index in [1.165, 1.54) is 11.3 Å². The summed E-state index contributed by atoms with van der Waals surface area (Å²) in [7, 11) is 0. The number of hydrogen-bond acceptors (Lipinski definition) is 5. The molecule has 2 heterocycles. The second kappa shape index (κ2) is 7.13. The molecule has 134 valence electrons. The van der Waals surface area contributed by atoms with Gasteiger partial charge in [-0.1, -0.05) is 18.2 Å². The van der Waals surface area contributed by atoms with Crippen molar-refractivity contribution in [2.75, 3.05) is 0 Å². The molecule has 4 nitrogen and oxygen atoms in total. The third kappa shape index (κ3) is 3.46. The summed E-state index contributed by atoms with van der Waals surface area (Å²) in [5.41, 5.74) is 1.62. The second-order valence-electron chi connectivity index (χ2n) is 5.94. The molecule has 6 heteroatoms. The Balaban J connectivity index is 1.63. The predicted molar refractivity (Wildman–Crippen MR) is 108 cm³/mol. The molecule has 0 aliphatic carbocycles. The molecule has 0 spiro atoms. The highest BCUT2D eigenvalue weighted by molar-refractivity contribution is 9.10. The van der Waals surface area contributed by atoms with Crippen LogP contribution in [0.3, 0.4) is 0 Å². The second-order valence-corrected chi connectivity index (χ2v) is 7.77. The average molecular weight is 441 g/mol. The number of hydrogen-bond donors (Lipinski definition) is 0. The van der Waals surface area contributed by atoms with E-state index in [9.17, 15) is 9.59 Å². The maximum atomic E-state index is 12.6. The van der Waals surface area contributed by atoms with Crippen LogP contribution in [0, 0.1) is 6.92 Å². The molecule has 0 unspecified atom stereocenters. The number of benzene rings is 2. The van der Waals surface area contributed by atoms with Crippen molar-refractivity contribution in [1.29, 1.82) is 0 Å². The highest BCUT2D eigenvalue weighted by atomic mass is 79.9. The topological polar surface area (TPSA) is 52.6 Å². The van der Waals surface area contributed by atoms with Gasteiger partial charge in [0, 0.05) is 21.5 Å². The lowest BCUT2D eigenvalue weighted by atomic mass is 10.0. The molecular formula is C21H13BrO4S. The van der Waals surface area contributed by atoms with E-state index in [2.05, 4.69) is 15.9 Å². The van der Waals surface area contributed by atoms with Crippen LogP contribution in [0.2, 0.25) is 0 Å². The van der Waals surface area contributed by atoms with Crippen LogP contribution >= 0.6 is 27.3 Å². The van der Waals surface area contributed by atoms with E-state index in [1.807, 2.05) is 23.6 Å². The molecule has 0 atom stereocenters. The molecule has 2 aromatic carbocycles. The highest BCUT2D eigenvalue weighted by Gasteiger charge is 2.30. The molecule has 1 aromatic heterocycles. The van der Waals surface area contributed by atoms with Gasteiger partial charge >= 0.3 is 5.97 Å². The van der Waals surface area contributed by atoms with Crippen molar-refractivity contribution >= 4 is 45.1 Å². The monoisotopic (exact) mass is 440 g/mol. The summed E-state index contributed by atoms with van der Waals surface area (Å²) in [5.74, 6) is 0.347. The first-order valence-corrected chi connectivity index (χ1v) is 9.79. The molecule has 1 aliphatic rings. The Kier molecular flexibility index (Phi) is 4.68. The SMILES string of the molecule is Cc1cc(OC(=O)c2ccccc2Br)cc2c1C(=O)/C(=C/c1cccs1)O2. The Morgan fingerprint density at radius 1 is 1.19 bits per heavy atom. The van der Waals surface area contributed by atoms with Gasteiger partial charge < -0.3 is 9.47 Å². The Labute approximate surface area is 168 Å². The van der Waals surface area contributed by atoms with Crippen LogP contribution < -0.4 is 9.47 Å². The van der Waals surface area contributed by atoms with Crippen LogP contribution in [-0.4, -0.2) is 11.8 Å². The number of ether oxygens (including phenoxy) is 2. The Hall–Kier alpha value is -2.70. The normalized spacial score (nSPS) is 14.1. The number of rotatable bonds is 3. The first-order valence-electron chi connectivity index (χ1n) is 8.12. The van der Waals surface area contributed by atoms with Crippen molar-refractivity contribution in [2.24, 2.45) is 0 Å². The Morgan fingerprint density at radius 3 is 2.74 bits per heavy atom. The van der Waals surface area contributed by atoms with Crippen LogP contribution in [0.15, 0.2) is 64.1 Å². The van der Waals surface area contributed by atoms with Gasteiger partial charge in [-0.15, -0.1) is 11.3 Å². The summed E-state index contributed by atoms with van der Waals surface area (Å²) < 4.78 is 11.9. The van der Waals surface area contributed by atoms with E-state index in [4.69, 9.17) is 9.47 Å². The zero-order valence-corrected chi connectivity index (χ0v) is 16.6. The van der Waals surface area contributed by atoms with Crippen molar-refractivity contribution in [3.05, 3.63) is 85.7 Å². The summed E-state index contributed by atoms with van der Waals surface area (Å²) in [5, 5.41) is 1.93. The Bertz CT molecular complexity index is 1080. The van der Waals surface area contributed by atoms with Gasteiger partial charge in [-0.25, -0.2) is 4.79 Å². The number of halogens is 1. The number of fused-ring (bicyclic) bond motifs is 1. The molecular weight excluding hydrogens is 428 g/mol. The number of carbonyl (C=O) groups is 2. The van der Waals surface area contributed by atoms with Crippen molar-refractivity contribution < 1.29 is 19.1 Å². The standard InChI is InChI=1S/C21H13BrO4S/c1-12-9-13(25-21(24)15-6-2-3-7-16(15)22)10-17-19(12)20(23)18(26-17)11-14-5-4-8-27-14/h2-11H,1H3/b18-11-. The molecule has 0 saturated carbocycles. The van der Waals surface area contributed by atoms with E-state index in [-0.39, 0.29) is 11.5 Å². The van der Waals surface area contributed by atoms with E-state index < -0.39 is 5.97 Å². The lowest BCUT2D eigenvalue weighted by molar-refractivity contribution is 0.0733. The molecule has 0 fully saturated rings. The van der Waals surface area contributed by atoms with Crippen molar-refractivity contribution in [3.8, 4) is 11.5 Å². The van der Waals surface area contributed by atoms with Crippen molar-refractivity contribution in [3.63, 3.8) is 0 Å². The fourth-order valence-electron chi connectivity index (χ4n) is 2.83. The third-order valence-electron chi connectivity index (χ3n) is 4.06. The van der Waals surface area contributed by atoms with E-state index in [0.29, 0.717) is 32.7 Å². The average Bonchev–Trinajstić information content (AvgIpc) is 3.24. The first kappa shape index (κ1) is 17.7. The number of ketones is 1. The number of carbonyl (C=O) groups excluding carboxylic acids is 2. The molecule has 0 N–H and O–H groups in total. The molecule has 3 aromatic rings. The smallest absolute Gasteiger partial charge is 0.344 e. The van der Waals surface area contributed by atoms with Crippen molar-refractivity contribution in [2.45, 2.75) is 6.92 Å². The number of Topliss-reactive ketones (excluding diaryl/α,β-unsaturated/α-hetero) is 1. The van der Waals surface area contributed by atoms with Crippen molar-refractivity contribution in [1.82, 2.24) is 0 Å². The van der Waals surface area contributed by atoms with Gasteiger partial charge in [0.15, 0.2) is 5.76 Å². The van der Waals surface area contributed by atoms with E-state index >= 15 is 0 Å². The van der Waals surface area contributed by atoms with E-state index in [1.54, 1.807) is 43.3 Å². The zero-order chi connectivity index (χ0) is 19.0. The third-order valence-corrected chi connectivity index (χ3v) is 5.58. The predicted octanol–water partition coefficient (Wildman–Crippen LogP) is 5.65. The molecule has 4 rings (SSSR count). The minimum absolute atomic E-state index is 0.167. The molecule has 0 amide bonds. The van der Waals surface area contributed by atoms with Gasteiger partial charge in [0.2, 0.25) is 5.78 Å². The minimum Gasteiger partial charge on any atom is -0.452 e. The molecule has 27 heavy (non-hydrogen) atoms.